The summed E-state index contributed by atoms with van der Waals surface area (Å²) >= 11 is 0. The Bertz CT molecular complexity index is 868. The summed E-state index contributed by atoms with van der Waals surface area (Å²) in [6.45, 7) is 6.04. The van der Waals surface area contributed by atoms with Crippen LogP contribution in [0.3, 0.4) is 0 Å². The number of rotatable bonds is 4. The number of piperazine rings is 1. The monoisotopic (exact) mass is 368 g/mol. The molecular weight excluding hydrogens is 344 g/mol. The van der Waals surface area contributed by atoms with Crippen LogP contribution in [0, 0.1) is 5.92 Å². The Balaban J connectivity index is 1.70. The first-order chi connectivity index (χ1) is 13.0. The van der Waals surface area contributed by atoms with E-state index in [0.29, 0.717) is 32.7 Å². The first-order valence-electron chi connectivity index (χ1n) is 9.16. The van der Waals surface area contributed by atoms with Gasteiger partial charge in [0.2, 0.25) is 5.91 Å². The van der Waals surface area contributed by atoms with Gasteiger partial charge < -0.3 is 9.80 Å². The second kappa shape index (κ2) is 8.16. The molecule has 1 aromatic carbocycles. The maximum absolute atomic E-state index is 12.8. The Labute approximate surface area is 158 Å². The van der Waals surface area contributed by atoms with Gasteiger partial charge in [-0.1, -0.05) is 44.2 Å². The van der Waals surface area contributed by atoms with Gasteiger partial charge in [-0.2, -0.15) is 5.10 Å². The molecule has 3 rings (SSSR count). The summed E-state index contributed by atoms with van der Waals surface area (Å²) < 4.78 is 1.31. The van der Waals surface area contributed by atoms with E-state index in [0.717, 1.165) is 5.56 Å². The molecular formula is C20H24N4O3. The van der Waals surface area contributed by atoms with E-state index in [9.17, 15) is 14.4 Å². The molecule has 7 heteroatoms. The van der Waals surface area contributed by atoms with E-state index in [4.69, 9.17) is 0 Å². The largest absolute Gasteiger partial charge is 0.339 e. The maximum atomic E-state index is 12.8. The van der Waals surface area contributed by atoms with Crippen molar-refractivity contribution < 1.29 is 9.59 Å². The minimum atomic E-state index is -0.247. The van der Waals surface area contributed by atoms with Crippen LogP contribution in [0.1, 0.15) is 29.9 Å². The molecule has 1 aliphatic heterocycles. The van der Waals surface area contributed by atoms with E-state index in [1.165, 1.54) is 16.8 Å². The molecule has 0 atom stereocenters. The summed E-state index contributed by atoms with van der Waals surface area (Å²) in [6.07, 6.45) is 0. The summed E-state index contributed by atoms with van der Waals surface area (Å²) in [5.41, 5.74) is 0.939. The number of hydrogen-bond acceptors (Lipinski definition) is 4. The van der Waals surface area contributed by atoms with E-state index in [-0.39, 0.29) is 29.0 Å². The van der Waals surface area contributed by atoms with Gasteiger partial charge in [-0.05, 0) is 11.6 Å². The normalized spacial score (nSPS) is 14.5. The second-order valence-electron chi connectivity index (χ2n) is 6.97. The summed E-state index contributed by atoms with van der Waals surface area (Å²) in [6, 6.07) is 12.4. The quantitative estimate of drug-likeness (QED) is 0.814. The molecule has 0 saturated carbocycles. The minimum absolute atomic E-state index is 0.0459. The molecule has 2 aromatic rings. The lowest BCUT2D eigenvalue weighted by Crippen LogP contribution is -2.51. The molecule has 142 valence electrons. The van der Waals surface area contributed by atoms with Crippen molar-refractivity contribution in [1.82, 2.24) is 19.6 Å². The van der Waals surface area contributed by atoms with Crippen LogP contribution in [-0.4, -0.2) is 57.6 Å². The third-order valence-electron chi connectivity index (χ3n) is 4.63. The highest BCUT2D eigenvalue weighted by Gasteiger charge is 2.26. The standard InChI is InChI=1S/C20H24N4O3/c1-15(2)19(26)22-10-12-23(13-11-22)20(27)17-8-9-18(25)24(21-17)14-16-6-4-3-5-7-16/h3-9,15H,10-14H2,1-2H3. The maximum Gasteiger partial charge on any atom is 0.274 e. The number of benzene rings is 1. The molecule has 0 unspecified atom stereocenters. The van der Waals surface area contributed by atoms with Crippen LogP contribution < -0.4 is 5.56 Å². The summed E-state index contributed by atoms with van der Waals surface area (Å²) in [4.78, 5) is 40.4. The zero-order valence-corrected chi connectivity index (χ0v) is 15.7. The topological polar surface area (TPSA) is 75.5 Å². The fourth-order valence-electron chi connectivity index (χ4n) is 3.09. The molecule has 1 aromatic heterocycles. The summed E-state index contributed by atoms with van der Waals surface area (Å²) in [5, 5.41) is 4.26. The Morgan fingerprint density at radius 2 is 1.59 bits per heavy atom. The van der Waals surface area contributed by atoms with Crippen LogP contribution >= 0.6 is 0 Å². The van der Waals surface area contributed by atoms with Crippen molar-refractivity contribution >= 4 is 11.8 Å². The molecule has 1 aliphatic rings. The molecule has 0 N–H and O–H groups in total. The van der Waals surface area contributed by atoms with E-state index in [2.05, 4.69) is 5.10 Å². The lowest BCUT2D eigenvalue weighted by Gasteiger charge is -2.35. The number of nitrogens with zero attached hydrogens (tertiary/aromatic N) is 4. The molecule has 7 nitrogen and oxygen atoms in total. The van der Waals surface area contributed by atoms with Crippen LogP contribution in [0.25, 0.3) is 0 Å². The van der Waals surface area contributed by atoms with Gasteiger partial charge in [-0.3, -0.25) is 14.4 Å². The van der Waals surface area contributed by atoms with Gasteiger partial charge in [0.05, 0.1) is 6.54 Å². The Morgan fingerprint density at radius 1 is 0.963 bits per heavy atom. The predicted octanol–water partition coefficient (Wildman–Crippen LogP) is 1.23. The van der Waals surface area contributed by atoms with Crippen molar-refractivity contribution in [2.75, 3.05) is 26.2 Å². The summed E-state index contributed by atoms with van der Waals surface area (Å²) in [7, 11) is 0. The second-order valence-corrected chi connectivity index (χ2v) is 6.97. The number of amides is 2. The van der Waals surface area contributed by atoms with E-state index >= 15 is 0 Å². The van der Waals surface area contributed by atoms with Crippen LogP contribution in [0.5, 0.6) is 0 Å². The molecule has 1 fully saturated rings. The summed E-state index contributed by atoms with van der Waals surface area (Å²) in [5.74, 6) is -0.152. The van der Waals surface area contributed by atoms with Gasteiger partial charge in [0, 0.05) is 38.2 Å². The Hall–Kier alpha value is -2.96. The Morgan fingerprint density at radius 3 is 2.22 bits per heavy atom. The number of hydrogen-bond donors (Lipinski definition) is 0. The average molecular weight is 368 g/mol. The smallest absolute Gasteiger partial charge is 0.274 e. The van der Waals surface area contributed by atoms with Gasteiger partial charge in [-0.15, -0.1) is 0 Å². The highest BCUT2D eigenvalue weighted by molar-refractivity contribution is 5.92. The highest BCUT2D eigenvalue weighted by atomic mass is 16.2. The Kier molecular flexibility index (Phi) is 5.69. The molecule has 2 heterocycles. The third-order valence-corrected chi connectivity index (χ3v) is 4.63. The van der Waals surface area contributed by atoms with E-state index in [1.54, 1.807) is 9.80 Å². The van der Waals surface area contributed by atoms with Crippen LogP contribution in [0.15, 0.2) is 47.3 Å². The van der Waals surface area contributed by atoms with Gasteiger partial charge in [0.1, 0.15) is 5.69 Å². The molecule has 2 amide bonds. The zero-order chi connectivity index (χ0) is 19.4. The molecule has 0 spiro atoms. The van der Waals surface area contributed by atoms with E-state index < -0.39 is 0 Å². The number of aromatic nitrogens is 2. The van der Waals surface area contributed by atoms with Crippen LogP contribution in [0.4, 0.5) is 0 Å². The predicted molar refractivity (Wildman–Crippen MR) is 101 cm³/mol. The highest BCUT2D eigenvalue weighted by Crippen LogP contribution is 2.10. The fraction of sp³-hybridized carbons (Fsp3) is 0.400. The fourth-order valence-corrected chi connectivity index (χ4v) is 3.09. The van der Waals surface area contributed by atoms with Gasteiger partial charge in [0.25, 0.3) is 11.5 Å². The van der Waals surface area contributed by atoms with Crippen molar-refractivity contribution in [3.05, 3.63) is 64.1 Å². The SMILES string of the molecule is CC(C)C(=O)N1CCN(C(=O)c2ccc(=O)n(Cc3ccccc3)n2)CC1. The van der Waals surface area contributed by atoms with Crippen molar-refractivity contribution in [2.24, 2.45) is 5.92 Å². The van der Waals surface area contributed by atoms with Crippen LogP contribution in [0.2, 0.25) is 0 Å². The van der Waals surface area contributed by atoms with Gasteiger partial charge >= 0.3 is 0 Å². The van der Waals surface area contributed by atoms with Crippen molar-refractivity contribution in [1.29, 1.82) is 0 Å². The van der Waals surface area contributed by atoms with Crippen molar-refractivity contribution in [2.45, 2.75) is 20.4 Å². The van der Waals surface area contributed by atoms with Gasteiger partial charge in [0.15, 0.2) is 0 Å². The molecule has 0 radical (unpaired) electrons. The number of carbonyl (C=O) groups excluding carboxylic acids is 2. The van der Waals surface area contributed by atoms with Crippen molar-refractivity contribution in [3.8, 4) is 0 Å². The lowest BCUT2D eigenvalue weighted by molar-refractivity contribution is -0.135. The zero-order valence-electron chi connectivity index (χ0n) is 15.7. The minimum Gasteiger partial charge on any atom is -0.339 e. The molecule has 0 aliphatic carbocycles. The first-order valence-corrected chi connectivity index (χ1v) is 9.16. The first kappa shape index (κ1) is 18.8. The third kappa shape index (κ3) is 4.42. The van der Waals surface area contributed by atoms with Crippen LogP contribution in [-0.2, 0) is 11.3 Å². The van der Waals surface area contributed by atoms with E-state index in [1.807, 2.05) is 44.2 Å². The number of carbonyl (C=O) groups is 2. The molecule has 1 saturated heterocycles. The van der Waals surface area contributed by atoms with Crippen molar-refractivity contribution in [3.63, 3.8) is 0 Å². The average Bonchev–Trinajstić information content (AvgIpc) is 2.69. The lowest BCUT2D eigenvalue weighted by atomic mass is 10.1. The molecule has 0 bridgehead atoms. The molecule has 27 heavy (non-hydrogen) atoms. The van der Waals surface area contributed by atoms with Gasteiger partial charge in [-0.25, -0.2) is 4.68 Å².